The van der Waals surface area contributed by atoms with Gasteiger partial charge in [-0.25, -0.2) is 4.79 Å². The number of ether oxygens (including phenoxy) is 1. The van der Waals surface area contributed by atoms with Crippen LogP contribution >= 0.6 is 15.9 Å². The molecule has 0 heterocycles. The molecule has 4 nitrogen and oxygen atoms in total. The minimum absolute atomic E-state index is 0.0843. The minimum Gasteiger partial charge on any atom is -0.444 e. The fourth-order valence-electron chi connectivity index (χ4n) is 2.86. The second-order valence-electron chi connectivity index (χ2n) is 7.79. The molecule has 0 spiro atoms. The van der Waals surface area contributed by atoms with E-state index in [4.69, 9.17) is 4.74 Å². The van der Waals surface area contributed by atoms with Crippen molar-refractivity contribution in [3.8, 4) is 0 Å². The maximum Gasteiger partial charge on any atom is 0.410 e. The van der Waals surface area contributed by atoms with Crippen molar-refractivity contribution in [1.82, 2.24) is 4.90 Å². The molecule has 0 unspecified atom stereocenters. The molecule has 2 rings (SSSR count). The van der Waals surface area contributed by atoms with Gasteiger partial charge in [-0.2, -0.15) is 0 Å². The third-order valence-electron chi connectivity index (χ3n) is 4.35. The van der Waals surface area contributed by atoms with Crippen LogP contribution in [0.1, 0.15) is 62.5 Å². The highest BCUT2D eigenvalue weighted by Gasteiger charge is 2.26. The van der Waals surface area contributed by atoms with Gasteiger partial charge < -0.3 is 9.64 Å². The second-order valence-corrected chi connectivity index (χ2v) is 8.71. The van der Waals surface area contributed by atoms with E-state index in [1.165, 1.54) is 0 Å². The average molecular weight is 446 g/mol. The predicted octanol–water partition coefficient (Wildman–Crippen LogP) is 6.41. The maximum absolute atomic E-state index is 12.8. The van der Waals surface area contributed by atoms with E-state index in [0.29, 0.717) is 24.9 Å². The normalized spacial score (nSPS) is 12.3. The Labute approximate surface area is 176 Å². The van der Waals surface area contributed by atoms with Gasteiger partial charge in [0.1, 0.15) is 5.60 Å². The van der Waals surface area contributed by atoms with E-state index in [1.807, 2.05) is 82.3 Å². The van der Waals surface area contributed by atoms with Gasteiger partial charge in [-0.05, 0) is 51.8 Å². The molecule has 1 amide bonds. The number of Topliss-reactive ketones (excluding diaryl/α,β-unsaturated/α-hetero) is 1. The molecular formula is C23H28BrNO3. The average Bonchev–Trinajstić information content (AvgIpc) is 2.64. The molecule has 0 saturated heterocycles. The standard InChI is InChI=1S/C23H28BrNO3/c1-17(18-12-14-20(24)15-13-18)25(22(27)28-23(2,3)4)16-8-11-21(26)19-9-6-5-7-10-19/h5-7,9-10,12-15,17H,8,11,16H2,1-4H3/t17-/m1/s1. The number of hydrogen-bond acceptors (Lipinski definition) is 3. The summed E-state index contributed by atoms with van der Waals surface area (Å²) in [4.78, 5) is 26.9. The van der Waals surface area contributed by atoms with E-state index in [0.717, 1.165) is 10.0 Å². The molecule has 2 aromatic rings. The van der Waals surface area contributed by atoms with Gasteiger partial charge in [0.2, 0.25) is 0 Å². The van der Waals surface area contributed by atoms with Gasteiger partial charge in [-0.1, -0.05) is 58.4 Å². The number of hydrogen-bond donors (Lipinski definition) is 0. The Morgan fingerprint density at radius 3 is 2.21 bits per heavy atom. The summed E-state index contributed by atoms with van der Waals surface area (Å²) in [7, 11) is 0. The number of nitrogens with zero attached hydrogens (tertiary/aromatic N) is 1. The molecule has 0 radical (unpaired) electrons. The number of carbonyl (C=O) groups excluding carboxylic acids is 2. The Bertz CT molecular complexity index is 782. The number of ketones is 1. The Hall–Kier alpha value is -2.14. The molecular weight excluding hydrogens is 418 g/mol. The SMILES string of the molecule is C[C@H](c1ccc(Br)cc1)N(CCCC(=O)c1ccccc1)C(=O)OC(C)(C)C. The van der Waals surface area contributed by atoms with Crippen LogP contribution in [-0.4, -0.2) is 28.9 Å². The fourth-order valence-corrected chi connectivity index (χ4v) is 3.13. The van der Waals surface area contributed by atoms with Crippen molar-refractivity contribution in [3.63, 3.8) is 0 Å². The van der Waals surface area contributed by atoms with Crippen molar-refractivity contribution in [2.75, 3.05) is 6.54 Å². The lowest BCUT2D eigenvalue weighted by Crippen LogP contribution is -2.39. The molecule has 1 atom stereocenters. The summed E-state index contributed by atoms with van der Waals surface area (Å²) in [6.07, 6.45) is 0.597. The van der Waals surface area contributed by atoms with Crippen molar-refractivity contribution in [2.24, 2.45) is 0 Å². The van der Waals surface area contributed by atoms with Gasteiger partial charge >= 0.3 is 6.09 Å². The van der Waals surface area contributed by atoms with Crippen molar-refractivity contribution in [2.45, 2.75) is 52.2 Å². The third-order valence-corrected chi connectivity index (χ3v) is 4.88. The van der Waals surface area contributed by atoms with Crippen LogP contribution < -0.4 is 0 Å². The van der Waals surface area contributed by atoms with E-state index in [-0.39, 0.29) is 17.9 Å². The Morgan fingerprint density at radius 1 is 1.04 bits per heavy atom. The van der Waals surface area contributed by atoms with Gasteiger partial charge in [0, 0.05) is 23.0 Å². The molecule has 0 aliphatic rings. The number of benzene rings is 2. The van der Waals surface area contributed by atoms with E-state index in [1.54, 1.807) is 4.90 Å². The highest BCUT2D eigenvalue weighted by Crippen LogP contribution is 2.25. The smallest absolute Gasteiger partial charge is 0.410 e. The molecule has 28 heavy (non-hydrogen) atoms. The highest BCUT2D eigenvalue weighted by molar-refractivity contribution is 9.10. The zero-order valence-corrected chi connectivity index (χ0v) is 18.5. The third kappa shape index (κ3) is 6.79. The first-order valence-corrected chi connectivity index (χ1v) is 10.3. The summed E-state index contributed by atoms with van der Waals surface area (Å²) in [6.45, 7) is 7.99. The highest BCUT2D eigenvalue weighted by atomic mass is 79.9. The molecule has 0 aromatic heterocycles. The van der Waals surface area contributed by atoms with Crippen molar-refractivity contribution in [3.05, 3.63) is 70.2 Å². The number of rotatable bonds is 7. The summed E-state index contributed by atoms with van der Waals surface area (Å²) in [6, 6.07) is 17.0. The summed E-state index contributed by atoms with van der Waals surface area (Å²) in [5.41, 5.74) is 1.14. The first-order valence-electron chi connectivity index (χ1n) is 9.51. The topological polar surface area (TPSA) is 46.6 Å². The van der Waals surface area contributed by atoms with Crippen LogP contribution in [0.25, 0.3) is 0 Å². The predicted molar refractivity (Wildman–Crippen MR) is 116 cm³/mol. The molecule has 0 fully saturated rings. The van der Waals surface area contributed by atoms with Crippen molar-refractivity contribution in [1.29, 1.82) is 0 Å². The molecule has 150 valence electrons. The van der Waals surface area contributed by atoms with Crippen LogP contribution in [0.3, 0.4) is 0 Å². The van der Waals surface area contributed by atoms with E-state index >= 15 is 0 Å². The monoisotopic (exact) mass is 445 g/mol. The number of halogens is 1. The Balaban J connectivity index is 2.08. The van der Waals surface area contributed by atoms with Crippen molar-refractivity contribution >= 4 is 27.8 Å². The Kier molecular flexibility index (Phi) is 7.81. The van der Waals surface area contributed by atoms with Crippen LogP contribution in [0.15, 0.2) is 59.1 Å². The molecule has 0 saturated carbocycles. The molecule has 0 bridgehead atoms. The van der Waals surface area contributed by atoms with Crippen LogP contribution in [0.4, 0.5) is 4.79 Å². The van der Waals surface area contributed by atoms with Crippen molar-refractivity contribution < 1.29 is 14.3 Å². The van der Waals surface area contributed by atoms with Gasteiger partial charge in [0.05, 0.1) is 6.04 Å². The Morgan fingerprint density at radius 2 is 1.64 bits per heavy atom. The van der Waals surface area contributed by atoms with Gasteiger partial charge in [0.15, 0.2) is 5.78 Å². The van der Waals surface area contributed by atoms with Crippen LogP contribution in [0, 0.1) is 0 Å². The lowest BCUT2D eigenvalue weighted by molar-refractivity contribution is 0.0169. The first-order chi connectivity index (χ1) is 13.2. The van der Waals surface area contributed by atoms with Gasteiger partial charge in [-0.3, -0.25) is 4.79 Å². The molecule has 0 aliphatic heterocycles. The molecule has 0 N–H and O–H groups in total. The second kappa shape index (κ2) is 9.87. The zero-order valence-electron chi connectivity index (χ0n) is 16.9. The zero-order chi connectivity index (χ0) is 20.7. The number of carbonyl (C=O) groups is 2. The lowest BCUT2D eigenvalue weighted by Gasteiger charge is -2.32. The largest absolute Gasteiger partial charge is 0.444 e. The van der Waals surface area contributed by atoms with Crippen LogP contribution in [-0.2, 0) is 4.74 Å². The maximum atomic E-state index is 12.8. The lowest BCUT2D eigenvalue weighted by atomic mass is 10.0. The van der Waals surface area contributed by atoms with Gasteiger partial charge in [0.25, 0.3) is 0 Å². The summed E-state index contributed by atoms with van der Waals surface area (Å²) in [5.74, 6) is 0.0843. The minimum atomic E-state index is -0.575. The van der Waals surface area contributed by atoms with Crippen LogP contribution in [0.2, 0.25) is 0 Å². The molecule has 0 aliphatic carbocycles. The molecule has 5 heteroatoms. The van der Waals surface area contributed by atoms with Gasteiger partial charge in [-0.15, -0.1) is 0 Å². The quantitative estimate of drug-likeness (QED) is 0.462. The summed E-state index contributed by atoms with van der Waals surface area (Å²) >= 11 is 3.44. The van der Waals surface area contributed by atoms with E-state index in [9.17, 15) is 9.59 Å². The molecule has 2 aromatic carbocycles. The summed E-state index contributed by atoms with van der Waals surface area (Å²) < 4.78 is 6.59. The first kappa shape index (κ1) is 22.2. The summed E-state index contributed by atoms with van der Waals surface area (Å²) in [5, 5.41) is 0. The van der Waals surface area contributed by atoms with Crippen LogP contribution in [0.5, 0.6) is 0 Å². The fraction of sp³-hybridized carbons (Fsp3) is 0.391. The van der Waals surface area contributed by atoms with E-state index < -0.39 is 5.60 Å². The van der Waals surface area contributed by atoms with E-state index in [2.05, 4.69) is 15.9 Å². The number of amides is 1.